The van der Waals surface area contributed by atoms with Crippen molar-refractivity contribution in [3.8, 4) is 23.0 Å². The Kier molecular flexibility index (Phi) is 3.70. The quantitative estimate of drug-likeness (QED) is 0.572. The van der Waals surface area contributed by atoms with Crippen molar-refractivity contribution < 1.29 is 14.3 Å². The Hall–Kier alpha value is -3.54. The van der Waals surface area contributed by atoms with E-state index < -0.39 is 0 Å². The highest BCUT2D eigenvalue weighted by Gasteiger charge is 2.15. The monoisotopic (exact) mass is 333 g/mol. The highest BCUT2D eigenvalue weighted by molar-refractivity contribution is 5.85. The van der Waals surface area contributed by atoms with Gasteiger partial charge in [-0.2, -0.15) is 0 Å². The number of ether oxygens (including phenoxy) is 1. The maximum atomic E-state index is 9.70. The van der Waals surface area contributed by atoms with Crippen LogP contribution in [-0.2, 0) is 0 Å². The number of nitrogens with zero attached hydrogens (tertiary/aromatic N) is 3. The molecule has 4 aromatic rings. The minimum atomic E-state index is 0.0886. The van der Waals surface area contributed by atoms with Crippen LogP contribution >= 0.6 is 0 Å². The van der Waals surface area contributed by atoms with Crippen molar-refractivity contribution in [1.29, 1.82) is 0 Å². The molecule has 0 aliphatic heterocycles. The Morgan fingerprint density at radius 1 is 1.20 bits per heavy atom. The molecule has 0 amide bonds. The molecule has 0 unspecified atom stereocenters. The number of phenols is 1. The lowest BCUT2D eigenvalue weighted by Crippen LogP contribution is -1.88. The SMILES string of the molecule is COc1cc(/C=N/c2c(-c3ccco3)nc3ccccn23)ccc1O. The van der Waals surface area contributed by atoms with Gasteiger partial charge >= 0.3 is 0 Å². The van der Waals surface area contributed by atoms with Gasteiger partial charge in [-0.3, -0.25) is 4.40 Å². The standard InChI is InChI=1S/C19H15N3O3/c1-24-16-11-13(7-8-14(16)23)12-20-19-18(15-5-4-10-25-15)21-17-6-2-3-9-22(17)19/h2-12,23H,1H3/b20-12+. The predicted molar refractivity (Wildman–Crippen MR) is 94.8 cm³/mol. The van der Waals surface area contributed by atoms with Gasteiger partial charge < -0.3 is 14.3 Å². The molecule has 0 spiro atoms. The summed E-state index contributed by atoms with van der Waals surface area (Å²) in [4.78, 5) is 9.21. The van der Waals surface area contributed by atoms with Crippen LogP contribution in [0.3, 0.4) is 0 Å². The van der Waals surface area contributed by atoms with Crippen LogP contribution < -0.4 is 4.74 Å². The molecule has 25 heavy (non-hydrogen) atoms. The summed E-state index contributed by atoms with van der Waals surface area (Å²) in [6.45, 7) is 0. The maximum Gasteiger partial charge on any atom is 0.168 e. The Labute approximate surface area is 143 Å². The van der Waals surface area contributed by atoms with E-state index in [1.165, 1.54) is 7.11 Å². The first-order valence-corrected chi connectivity index (χ1v) is 7.68. The fraction of sp³-hybridized carbons (Fsp3) is 0.0526. The van der Waals surface area contributed by atoms with Crippen molar-refractivity contribution in [1.82, 2.24) is 9.38 Å². The zero-order valence-electron chi connectivity index (χ0n) is 13.5. The minimum Gasteiger partial charge on any atom is -0.504 e. The minimum absolute atomic E-state index is 0.0886. The van der Waals surface area contributed by atoms with E-state index in [1.807, 2.05) is 40.9 Å². The van der Waals surface area contributed by atoms with E-state index in [9.17, 15) is 5.11 Å². The molecule has 4 rings (SSSR count). The summed E-state index contributed by atoms with van der Waals surface area (Å²) in [5, 5.41) is 9.70. The first kappa shape index (κ1) is 15.0. The molecule has 0 aliphatic carbocycles. The lowest BCUT2D eigenvalue weighted by atomic mass is 10.2. The average molecular weight is 333 g/mol. The normalized spacial score (nSPS) is 11.4. The average Bonchev–Trinajstić information content (AvgIpc) is 3.28. The fourth-order valence-corrected chi connectivity index (χ4v) is 2.60. The number of aliphatic imine (C=N–C) groups is 1. The molecular weight excluding hydrogens is 318 g/mol. The highest BCUT2D eigenvalue weighted by atomic mass is 16.5. The molecule has 0 aliphatic rings. The number of fused-ring (bicyclic) bond motifs is 1. The first-order chi connectivity index (χ1) is 12.3. The zero-order valence-corrected chi connectivity index (χ0v) is 13.5. The van der Waals surface area contributed by atoms with Crippen LogP contribution in [0.1, 0.15) is 5.56 Å². The number of aromatic nitrogens is 2. The molecule has 6 nitrogen and oxygen atoms in total. The number of imidazole rings is 1. The van der Waals surface area contributed by atoms with Crippen LogP contribution in [0.2, 0.25) is 0 Å². The van der Waals surface area contributed by atoms with Gasteiger partial charge in [0.1, 0.15) is 5.65 Å². The number of pyridine rings is 1. The van der Waals surface area contributed by atoms with Gasteiger partial charge in [-0.25, -0.2) is 9.98 Å². The number of rotatable bonds is 4. The molecule has 0 saturated carbocycles. The summed E-state index contributed by atoms with van der Waals surface area (Å²) in [6.07, 6.45) is 5.21. The largest absolute Gasteiger partial charge is 0.504 e. The van der Waals surface area contributed by atoms with Gasteiger partial charge in [-0.05, 0) is 48.0 Å². The summed E-state index contributed by atoms with van der Waals surface area (Å²) in [5.74, 6) is 1.80. The van der Waals surface area contributed by atoms with E-state index in [4.69, 9.17) is 9.15 Å². The summed E-state index contributed by atoms with van der Waals surface area (Å²) in [6, 6.07) is 14.5. The van der Waals surface area contributed by atoms with Crippen LogP contribution in [0.15, 0.2) is 70.4 Å². The molecule has 0 bridgehead atoms. The van der Waals surface area contributed by atoms with Crippen molar-refractivity contribution in [3.05, 3.63) is 66.6 Å². The van der Waals surface area contributed by atoms with E-state index in [0.717, 1.165) is 11.2 Å². The molecule has 3 heterocycles. The molecule has 6 heteroatoms. The summed E-state index contributed by atoms with van der Waals surface area (Å²) in [5.41, 5.74) is 2.24. The van der Waals surface area contributed by atoms with Crippen molar-refractivity contribution in [2.24, 2.45) is 4.99 Å². The third-order valence-corrected chi connectivity index (χ3v) is 3.80. The highest BCUT2D eigenvalue weighted by Crippen LogP contribution is 2.31. The number of phenolic OH excluding ortho intramolecular Hbond substituents is 1. The topological polar surface area (TPSA) is 72.3 Å². The second-order valence-corrected chi connectivity index (χ2v) is 5.38. The summed E-state index contributed by atoms with van der Waals surface area (Å²) >= 11 is 0. The van der Waals surface area contributed by atoms with Crippen molar-refractivity contribution in [2.75, 3.05) is 7.11 Å². The summed E-state index contributed by atoms with van der Waals surface area (Å²) < 4.78 is 12.5. The van der Waals surface area contributed by atoms with Crippen LogP contribution in [-0.4, -0.2) is 27.8 Å². The third kappa shape index (κ3) is 2.74. The van der Waals surface area contributed by atoms with Gasteiger partial charge in [0.15, 0.2) is 28.8 Å². The zero-order chi connectivity index (χ0) is 17.2. The molecule has 1 N–H and O–H groups in total. The van der Waals surface area contributed by atoms with E-state index in [-0.39, 0.29) is 5.75 Å². The molecule has 0 atom stereocenters. The van der Waals surface area contributed by atoms with Crippen molar-refractivity contribution in [3.63, 3.8) is 0 Å². The van der Waals surface area contributed by atoms with Crippen LogP contribution in [0.4, 0.5) is 5.82 Å². The summed E-state index contributed by atoms with van der Waals surface area (Å²) in [7, 11) is 1.51. The molecule has 0 fully saturated rings. The number of aromatic hydroxyl groups is 1. The Morgan fingerprint density at radius 3 is 2.92 bits per heavy atom. The third-order valence-electron chi connectivity index (χ3n) is 3.80. The van der Waals surface area contributed by atoms with E-state index in [0.29, 0.717) is 23.0 Å². The fourth-order valence-electron chi connectivity index (χ4n) is 2.60. The predicted octanol–water partition coefficient (Wildman–Crippen LogP) is 4.06. The van der Waals surface area contributed by atoms with Crippen LogP contribution in [0, 0.1) is 0 Å². The van der Waals surface area contributed by atoms with E-state index in [2.05, 4.69) is 9.98 Å². The Morgan fingerprint density at radius 2 is 2.12 bits per heavy atom. The first-order valence-electron chi connectivity index (χ1n) is 7.68. The van der Waals surface area contributed by atoms with Gasteiger partial charge in [-0.1, -0.05) is 6.07 Å². The number of hydrogen-bond acceptors (Lipinski definition) is 5. The van der Waals surface area contributed by atoms with Gasteiger partial charge in [0, 0.05) is 12.4 Å². The lowest BCUT2D eigenvalue weighted by molar-refractivity contribution is 0.373. The smallest absolute Gasteiger partial charge is 0.168 e. The Balaban J connectivity index is 1.82. The van der Waals surface area contributed by atoms with Crippen LogP contribution in [0.25, 0.3) is 17.1 Å². The number of benzene rings is 1. The molecule has 124 valence electrons. The van der Waals surface area contributed by atoms with Crippen LogP contribution in [0.5, 0.6) is 11.5 Å². The molecule has 3 aromatic heterocycles. The maximum absolute atomic E-state index is 9.70. The van der Waals surface area contributed by atoms with E-state index in [1.54, 1.807) is 30.7 Å². The molecule has 0 saturated heterocycles. The second-order valence-electron chi connectivity index (χ2n) is 5.38. The molecule has 0 radical (unpaired) electrons. The number of methoxy groups -OCH3 is 1. The van der Waals surface area contributed by atoms with E-state index >= 15 is 0 Å². The number of hydrogen-bond donors (Lipinski definition) is 1. The second kappa shape index (κ2) is 6.16. The van der Waals surface area contributed by atoms with Gasteiger partial charge in [0.05, 0.1) is 13.4 Å². The van der Waals surface area contributed by atoms with Gasteiger partial charge in [-0.15, -0.1) is 0 Å². The van der Waals surface area contributed by atoms with Crippen molar-refractivity contribution in [2.45, 2.75) is 0 Å². The van der Waals surface area contributed by atoms with Crippen molar-refractivity contribution >= 4 is 17.7 Å². The van der Waals surface area contributed by atoms with Gasteiger partial charge in [0.2, 0.25) is 0 Å². The number of furan rings is 1. The molecule has 1 aromatic carbocycles. The van der Waals surface area contributed by atoms with Gasteiger partial charge in [0.25, 0.3) is 0 Å². The molecular formula is C19H15N3O3. The Bertz CT molecular complexity index is 1050. The lowest BCUT2D eigenvalue weighted by Gasteiger charge is -2.03.